The van der Waals surface area contributed by atoms with Crippen molar-refractivity contribution in [1.82, 2.24) is 15.5 Å². The number of imide groups is 1. The summed E-state index contributed by atoms with van der Waals surface area (Å²) >= 11 is 0. The summed E-state index contributed by atoms with van der Waals surface area (Å²) < 4.78 is 0. The molecule has 0 aliphatic carbocycles. The van der Waals surface area contributed by atoms with Gasteiger partial charge in [-0.3, -0.25) is 24.6 Å². The van der Waals surface area contributed by atoms with Gasteiger partial charge in [0.25, 0.3) is 17.5 Å². The molecule has 0 saturated carbocycles. The van der Waals surface area contributed by atoms with Crippen molar-refractivity contribution in [2.45, 2.75) is 19.8 Å². The van der Waals surface area contributed by atoms with E-state index in [0.29, 0.717) is 13.0 Å². The molecule has 30 heavy (non-hydrogen) atoms. The molecule has 2 aromatic carbocycles. The van der Waals surface area contributed by atoms with Crippen LogP contribution >= 0.6 is 0 Å². The highest BCUT2D eigenvalue weighted by atomic mass is 16.6. The number of benzene rings is 2. The molecule has 0 fully saturated rings. The average molecular weight is 410 g/mol. The van der Waals surface area contributed by atoms with Crippen LogP contribution in [0.4, 0.5) is 10.5 Å². The Kier molecular flexibility index (Phi) is 6.41. The van der Waals surface area contributed by atoms with E-state index in [-0.39, 0.29) is 35.9 Å². The van der Waals surface area contributed by atoms with Gasteiger partial charge < -0.3 is 10.6 Å². The molecule has 0 bridgehead atoms. The third kappa shape index (κ3) is 4.80. The van der Waals surface area contributed by atoms with Crippen LogP contribution in [0.2, 0.25) is 0 Å². The van der Waals surface area contributed by atoms with Crippen molar-refractivity contribution in [3.05, 3.63) is 74.8 Å². The summed E-state index contributed by atoms with van der Waals surface area (Å²) in [5.41, 5.74) is 2.27. The molecule has 3 rings (SSSR count). The zero-order valence-electron chi connectivity index (χ0n) is 16.5. The Morgan fingerprint density at radius 2 is 1.67 bits per heavy atom. The molecule has 0 unspecified atom stereocenters. The van der Waals surface area contributed by atoms with E-state index >= 15 is 0 Å². The highest BCUT2D eigenvalue weighted by Gasteiger charge is 2.36. The fourth-order valence-electron chi connectivity index (χ4n) is 3.17. The van der Waals surface area contributed by atoms with Crippen LogP contribution in [0.3, 0.4) is 0 Å². The van der Waals surface area contributed by atoms with Crippen LogP contribution < -0.4 is 10.6 Å². The fourth-order valence-corrected chi connectivity index (χ4v) is 3.17. The van der Waals surface area contributed by atoms with Crippen LogP contribution in [0.15, 0.2) is 42.5 Å². The van der Waals surface area contributed by atoms with Gasteiger partial charge in [0.2, 0.25) is 0 Å². The molecule has 0 radical (unpaired) electrons. The van der Waals surface area contributed by atoms with E-state index in [0.717, 1.165) is 23.0 Å². The zero-order chi connectivity index (χ0) is 21.7. The molecule has 0 saturated heterocycles. The number of rotatable bonds is 8. The van der Waals surface area contributed by atoms with Crippen LogP contribution in [0, 0.1) is 17.0 Å². The molecule has 4 amide bonds. The van der Waals surface area contributed by atoms with E-state index in [1.54, 1.807) is 0 Å². The topological polar surface area (TPSA) is 122 Å². The maximum absolute atomic E-state index is 12.4. The lowest BCUT2D eigenvalue weighted by Gasteiger charge is -2.14. The average Bonchev–Trinajstić information content (AvgIpc) is 2.96. The summed E-state index contributed by atoms with van der Waals surface area (Å²) in [6.07, 6.45) is 1.09. The summed E-state index contributed by atoms with van der Waals surface area (Å²) in [6, 6.07) is 11.4. The lowest BCUT2D eigenvalue weighted by Crippen LogP contribution is -2.38. The predicted molar refractivity (Wildman–Crippen MR) is 109 cm³/mol. The molecular weight excluding hydrogens is 388 g/mol. The minimum Gasteiger partial charge on any atom is -0.338 e. The first-order chi connectivity index (χ1) is 14.4. The number of urea groups is 1. The largest absolute Gasteiger partial charge is 0.338 e. The van der Waals surface area contributed by atoms with Gasteiger partial charge in [-0.25, -0.2) is 4.79 Å². The molecular formula is C21H22N4O5. The van der Waals surface area contributed by atoms with Crippen molar-refractivity contribution in [1.29, 1.82) is 0 Å². The Labute approximate surface area is 173 Å². The highest BCUT2D eigenvalue weighted by Crippen LogP contribution is 2.26. The molecule has 1 aliphatic rings. The molecule has 0 aromatic heterocycles. The van der Waals surface area contributed by atoms with E-state index in [2.05, 4.69) is 10.6 Å². The van der Waals surface area contributed by atoms with E-state index in [4.69, 9.17) is 0 Å². The lowest BCUT2D eigenvalue weighted by atomic mass is 10.1. The van der Waals surface area contributed by atoms with Crippen LogP contribution in [0.1, 0.15) is 38.3 Å². The predicted octanol–water partition coefficient (Wildman–Crippen LogP) is 2.43. The van der Waals surface area contributed by atoms with Gasteiger partial charge in [0.1, 0.15) is 0 Å². The van der Waals surface area contributed by atoms with Crippen molar-refractivity contribution < 1.29 is 19.3 Å². The number of hydrogen-bond donors (Lipinski definition) is 2. The minimum absolute atomic E-state index is 0.0380. The van der Waals surface area contributed by atoms with Crippen LogP contribution in [-0.4, -0.2) is 47.3 Å². The third-order valence-electron chi connectivity index (χ3n) is 4.83. The molecule has 156 valence electrons. The number of carbonyl (C=O) groups excluding carboxylic acids is 3. The number of nitro benzene ring substituents is 1. The number of hydrogen-bond acceptors (Lipinski definition) is 5. The minimum atomic E-state index is -0.609. The van der Waals surface area contributed by atoms with E-state index < -0.39 is 16.7 Å². The summed E-state index contributed by atoms with van der Waals surface area (Å²) in [7, 11) is 0. The van der Waals surface area contributed by atoms with Crippen molar-refractivity contribution in [3.63, 3.8) is 0 Å². The number of carbonyl (C=O) groups is 3. The lowest BCUT2D eigenvalue weighted by molar-refractivity contribution is -0.384. The van der Waals surface area contributed by atoms with Gasteiger partial charge in [-0.1, -0.05) is 29.8 Å². The van der Waals surface area contributed by atoms with Gasteiger partial charge in [0.05, 0.1) is 16.1 Å². The monoisotopic (exact) mass is 410 g/mol. The Morgan fingerprint density at radius 1 is 1.00 bits per heavy atom. The van der Waals surface area contributed by atoms with Crippen molar-refractivity contribution >= 4 is 23.5 Å². The molecule has 0 spiro atoms. The van der Waals surface area contributed by atoms with E-state index in [1.165, 1.54) is 17.7 Å². The SMILES string of the molecule is Cc1ccc(CCNC(=O)NCCCN2C(=O)c3ccc([N+](=O)[O-])cc3C2=O)cc1. The standard InChI is InChI=1S/C21H22N4O5/c1-14-3-5-15(6-4-14)9-11-23-21(28)22-10-2-12-24-19(26)17-8-7-16(25(29)30)13-18(17)20(24)27/h3-8,13H,2,9-12H2,1H3,(H2,22,23,28). The molecule has 0 atom stereocenters. The molecule has 9 heteroatoms. The third-order valence-corrected chi connectivity index (χ3v) is 4.83. The number of nitrogens with zero attached hydrogens (tertiary/aromatic N) is 2. The summed E-state index contributed by atoms with van der Waals surface area (Å²) in [4.78, 5) is 47.9. The molecule has 9 nitrogen and oxygen atoms in total. The van der Waals surface area contributed by atoms with Gasteiger partial charge in [-0.2, -0.15) is 0 Å². The second-order valence-corrected chi connectivity index (χ2v) is 7.02. The van der Waals surface area contributed by atoms with E-state index in [9.17, 15) is 24.5 Å². The molecule has 2 N–H and O–H groups in total. The smallest absolute Gasteiger partial charge is 0.314 e. The van der Waals surface area contributed by atoms with Crippen molar-refractivity contribution in [3.8, 4) is 0 Å². The number of aryl methyl sites for hydroxylation is 1. The van der Waals surface area contributed by atoms with Gasteiger partial charge in [0, 0.05) is 31.8 Å². The Morgan fingerprint density at radius 3 is 2.37 bits per heavy atom. The van der Waals surface area contributed by atoms with Gasteiger partial charge in [-0.15, -0.1) is 0 Å². The first-order valence-corrected chi connectivity index (χ1v) is 9.58. The number of nitro groups is 1. The quantitative estimate of drug-likeness (QED) is 0.300. The number of amides is 4. The maximum Gasteiger partial charge on any atom is 0.314 e. The number of nitrogens with one attached hydrogen (secondary N) is 2. The van der Waals surface area contributed by atoms with Crippen LogP contribution in [0.25, 0.3) is 0 Å². The maximum atomic E-state index is 12.4. The normalized spacial score (nSPS) is 12.6. The summed E-state index contributed by atoms with van der Waals surface area (Å²) in [6.45, 7) is 2.90. The van der Waals surface area contributed by atoms with Gasteiger partial charge in [0.15, 0.2) is 0 Å². The molecule has 1 aliphatic heterocycles. The Bertz CT molecular complexity index is 987. The van der Waals surface area contributed by atoms with Gasteiger partial charge >= 0.3 is 6.03 Å². The Balaban J connectivity index is 1.40. The molecule has 2 aromatic rings. The number of fused-ring (bicyclic) bond motifs is 1. The summed E-state index contributed by atoms with van der Waals surface area (Å²) in [5.74, 6) is -1.03. The zero-order valence-corrected chi connectivity index (χ0v) is 16.5. The highest BCUT2D eigenvalue weighted by molar-refractivity contribution is 6.21. The van der Waals surface area contributed by atoms with E-state index in [1.807, 2.05) is 31.2 Å². The van der Waals surface area contributed by atoms with Gasteiger partial charge in [-0.05, 0) is 31.4 Å². The number of non-ortho nitro benzene ring substituents is 1. The van der Waals surface area contributed by atoms with Crippen LogP contribution in [0.5, 0.6) is 0 Å². The van der Waals surface area contributed by atoms with Crippen molar-refractivity contribution in [2.75, 3.05) is 19.6 Å². The fraction of sp³-hybridized carbons (Fsp3) is 0.286. The molecule has 1 heterocycles. The first kappa shape index (κ1) is 21.0. The second-order valence-electron chi connectivity index (χ2n) is 7.02. The first-order valence-electron chi connectivity index (χ1n) is 9.58. The second kappa shape index (κ2) is 9.17. The van der Waals surface area contributed by atoms with Crippen LogP contribution in [-0.2, 0) is 6.42 Å². The Hall–Kier alpha value is -3.75. The van der Waals surface area contributed by atoms with Crippen molar-refractivity contribution in [2.24, 2.45) is 0 Å². The summed E-state index contributed by atoms with van der Waals surface area (Å²) in [5, 5.41) is 16.3.